The molecule has 6 heteroatoms. The first-order chi connectivity index (χ1) is 14.5. The summed E-state index contributed by atoms with van der Waals surface area (Å²) in [4.78, 5) is 23.6. The molecule has 0 fully saturated rings. The largest absolute Gasteiger partial charge is 1.00 e. The van der Waals surface area contributed by atoms with Crippen molar-refractivity contribution in [3.8, 4) is 5.75 Å². The third-order valence-electron chi connectivity index (χ3n) is 5.64. The van der Waals surface area contributed by atoms with Crippen LogP contribution in [0.4, 0.5) is 0 Å². The van der Waals surface area contributed by atoms with Crippen molar-refractivity contribution in [1.29, 1.82) is 0 Å². The van der Waals surface area contributed by atoms with Gasteiger partial charge in [0.05, 0.1) is 18.6 Å². The number of aliphatic carboxylic acids is 1. The standard InChI is InChI=1S/C25H41NO4.Na/c1-4-6-7-8-9-10-11-12-13-14-19-30-22-17-15-21(16-18-22)24(27)26-23(25(28)29)20(3)5-2;/h15-18,20,23H,4-14,19H2,1-3H3,(H,26,27)(H,28,29);/q;+1/p-1/t20-,23-;/m0./s1. The van der Waals surface area contributed by atoms with E-state index in [1.165, 1.54) is 57.8 Å². The second kappa shape index (κ2) is 18.5. The van der Waals surface area contributed by atoms with Gasteiger partial charge < -0.3 is 20.0 Å². The molecule has 0 spiro atoms. The van der Waals surface area contributed by atoms with Crippen LogP contribution in [0.1, 0.15) is 102 Å². The van der Waals surface area contributed by atoms with Crippen molar-refractivity contribution in [2.45, 2.75) is 97.4 Å². The second-order valence-electron chi connectivity index (χ2n) is 8.21. The summed E-state index contributed by atoms with van der Waals surface area (Å²) in [7, 11) is 0. The quantitative estimate of drug-likeness (QED) is 0.296. The maximum absolute atomic E-state index is 12.3. The first kappa shape index (κ1) is 30.0. The second-order valence-corrected chi connectivity index (χ2v) is 8.21. The van der Waals surface area contributed by atoms with Crippen LogP contribution in [-0.2, 0) is 4.79 Å². The number of benzene rings is 1. The van der Waals surface area contributed by atoms with Gasteiger partial charge in [0.25, 0.3) is 5.91 Å². The van der Waals surface area contributed by atoms with Crippen LogP contribution in [0.2, 0.25) is 0 Å². The summed E-state index contributed by atoms with van der Waals surface area (Å²) in [5.41, 5.74) is 0.413. The number of carbonyl (C=O) groups is 2. The summed E-state index contributed by atoms with van der Waals surface area (Å²) >= 11 is 0. The zero-order valence-electron chi connectivity index (χ0n) is 20.1. The fourth-order valence-electron chi connectivity index (χ4n) is 3.38. The van der Waals surface area contributed by atoms with E-state index in [0.717, 1.165) is 12.2 Å². The van der Waals surface area contributed by atoms with Crippen molar-refractivity contribution in [2.75, 3.05) is 6.61 Å². The summed E-state index contributed by atoms with van der Waals surface area (Å²) in [6, 6.07) is 5.83. The van der Waals surface area contributed by atoms with E-state index < -0.39 is 17.9 Å². The van der Waals surface area contributed by atoms with Crippen molar-refractivity contribution in [1.82, 2.24) is 5.32 Å². The molecule has 0 aliphatic heterocycles. The van der Waals surface area contributed by atoms with E-state index in [9.17, 15) is 14.7 Å². The van der Waals surface area contributed by atoms with E-state index in [0.29, 0.717) is 18.6 Å². The van der Waals surface area contributed by atoms with Gasteiger partial charge in [0.2, 0.25) is 0 Å². The van der Waals surface area contributed by atoms with Gasteiger partial charge in [0, 0.05) is 5.56 Å². The first-order valence-corrected chi connectivity index (χ1v) is 11.7. The number of carbonyl (C=O) groups excluding carboxylic acids is 2. The van der Waals surface area contributed by atoms with Crippen LogP contribution in [0.25, 0.3) is 0 Å². The Bertz CT molecular complexity index is 606. The number of rotatable bonds is 17. The third kappa shape index (κ3) is 13.2. The molecule has 1 amide bonds. The minimum Gasteiger partial charge on any atom is -0.548 e. The summed E-state index contributed by atoms with van der Waals surface area (Å²) < 4.78 is 5.75. The molecule has 0 saturated heterocycles. The summed E-state index contributed by atoms with van der Waals surface area (Å²) in [6.45, 7) is 6.58. The summed E-state index contributed by atoms with van der Waals surface area (Å²) in [6.07, 6.45) is 13.5. The Morgan fingerprint density at radius 2 is 1.42 bits per heavy atom. The van der Waals surface area contributed by atoms with Crippen LogP contribution < -0.4 is 44.7 Å². The molecule has 1 N–H and O–H groups in total. The number of unbranched alkanes of at least 4 members (excludes halogenated alkanes) is 9. The maximum atomic E-state index is 12.3. The van der Waals surface area contributed by atoms with Gasteiger partial charge in [-0.25, -0.2) is 0 Å². The Labute approximate surface area is 211 Å². The molecule has 0 aromatic heterocycles. The number of carboxylic acids is 1. The predicted octanol–water partition coefficient (Wildman–Crippen LogP) is 1.88. The Morgan fingerprint density at radius 3 is 1.90 bits per heavy atom. The first-order valence-electron chi connectivity index (χ1n) is 11.7. The van der Waals surface area contributed by atoms with Crippen LogP contribution in [0.3, 0.4) is 0 Å². The topological polar surface area (TPSA) is 78.5 Å². The van der Waals surface area contributed by atoms with Gasteiger partial charge in [0.1, 0.15) is 5.75 Å². The zero-order valence-corrected chi connectivity index (χ0v) is 22.1. The average Bonchev–Trinajstić information content (AvgIpc) is 2.75. The van der Waals surface area contributed by atoms with E-state index in [-0.39, 0.29) is 35.5 Å². The van der Waals surface area contributed by atoms with Crippen molar-refractivity contribution < 1.29 is 49.0 Å². The molecular formula is C25H40NNaO4. The van der Waals surface area contributed by atoms with Gasteiger partial charge in [-0.1, -0.05) is 85.0 Å². The van der Waals surface area contributed by atoms with Gasteiger partial charge in [-0.3, -0.25) is 4.79 Å². The molecular weight excluding hydrogens is 401 g/mol. The maximum Gasteiger partial charge on any atom is 1.00 e. The van der Waals surface area contributed by atoms with Gasteiger partial charge in [-0.05, 0) is 36.6 Å². The number of ether oxygens (including phenoxy) is 1. The predicted molar refractivity (Wildman–Crippen MR) is 119 cm³/mol. The van der Waals surface area contributed by atoms with Crippen LogP contribution in [0.5, 0.6) is 5.75 Å². The van der Waals surface area contributed by atoms with Crippen molar-refractivity contribution in [3.63, 3.8) is 0 Å². The molecule has 0 radical (unpaired) electrons. The Hall–Kier alpha value is -1.04. The molecule has 31 heavy (non-hydrogen) atoms. The molecule has 0 saturated carbocycles. The van der Waals surface area contributed by atoms with Gasteiger partial charge in [-0.15, -0.1) is 0 Å². The van der Waals surface area contributed by atoms with Gasteiger partial charge in [0.15, 0.2) is 0 Å². The number of amides is 1. The van der Waals surface area contributed by atoms with Gasteiger partial charge >= 0.3 is 29.6 Å². The molecule has 1 aromatic rings. The SMILES string of the molecule is CCCCCCCCCCCCOc1ccc(C(=O)N[C@H](C(=O)[O-])[C@@H](C)CC)cc1.[Na+]. The Morgan fingerprint density at radius 1 is 0.903 bits per heavy atom. The monoisotopic (exact) mass is 441 g/mol. The molecule has 0 heterocycles. The molecule has 0 unspecified atom stereocenters. The van der Waals surface area contributed by atoms with E-state index in [4.69, 9.17) is 4.74 Å². The van der Waals surface area contributed by atoms with E-state index in [2.05, 4.69) is 12.2 Å². The average molecular weight is 442 g/mol. The van der Waals surface area contributed by atoms with Crippen LogP contribution in [0.15, 0.2) is 24.3 Å². The zero-order chi connectivity index (χ0) is 22.2. The van der Waals surface area contributed by atoms with E-state index >= 15 is 0 Å². The Balaban J connectivity index is 0.00000900. The number of hydrogen-bond acceptors (Lipinski definition) is 4. The molecule has 5 nitrogen and oxygen atoms in total. The number of hydrogen-bond donors (Lipinski definition) is 1. The number of nitrogens with one attached hydrogen (secondary N) is 1. The van der Waals surface area contributed by atoms with Crippen molar-refractivity contribution in [2.24, 2.45) is 5.92 Å². The van der Waals surface area contributed by atoms with Gasteiger partial charge in [-0.2, -0.15) is 0 Å². The molecule has 2 atom stereocenters. The molecule has 0 bridgehead atoms. The van der Waals surface area contributed by atoms with Crippen LogP contribution in [0, 0.1) is 5.92 Å². The smallest absolute Gasteiger partial charge is 0.548 e. The molecule has 0 aliphatic carbocycles. The summed E-state index contributed by atoms with van der Waals surface area (Å²) in [5, 5.41) is 13.8. The molecule has 0 aliphatic rings. The summed E-state index contributed by atoms with van der Waals surface area (Å²) in [5.74, 6) is -1.14. The minimum absolute atomic E-state index is 0. The third-order valence-corrected chi connectivity index (χ3v) is 5.64. The number of carboxylic acid groups (broad SMARTS) is 1. The normalized spacial score (nSPS) is 12.5. The molecule has 170 valence electrons. The van der Waals surface area contributed by atoms with E-state index in [1.807, 2.05) is 6.92 Å². The molecule has 1 aromatic carbocycles. The fourth-order valence-corrected chi connectivity index (χ4v) is 3.38. The van der Waals surface area contributed by atoms with Crippen molar-refractivity contribution >= 4 is 11.9 Å². The molecule has 1 rings (SSSR count). The minimum atomic E-state index is -1.26. The van der Waals surface area contributed by atoms with Crippen molar-refractivity contribution in [3.05, 3.63) is 29.8 Å². The Kier molecular flexibility index (Phi) is 17.9. The van der Waals surface area contributed by atoms with Crippen LogP contribution >= 0.6 is 0 Å². The van der Waals surface area contributed by atoms with E-state index in [1.54, 1.807) is 31.2 Å². The fraction of sp³-hybridized carbons (Fsp3) is 0.680. The van der Waals surface area contributed by atoms with Crippen LogP contribution in [-0.4, -0.2) is 24.5 Å².